The highest BCUT2D eigenvalue weighted by Gasteiger charge is 2.03. The van der Waals surface area contributed by atoms with Gasteiger partial charge in [0.25, 0.3) is 0 Å². The van der Waals surface area contributed by atoms with Crippen molar-refractivity contribution in [3.05, 3.63) is 23.5 Å². The average Bonchev–Trinajstić information content (AvgIpc) is 2.04. The van der Waals surface area contributed by atoms with E-state index in [1.54, 1.807) is 12.1 Å². The highest BCUT2D eigenvalue weighted by Crippen LogP contribution is 2.18. The number of nitrogens with two attached hydrogens (primary N) is 1. The van der Waals surface area contributed by atoms with E-state index in [4.69, 9.17) is 17.4 Å². The molecule has 0 saturated carbocycles. The van der Waals surface area contributed by atoms with Crippen LogP contribution < -0.4 is 10.9 Å². The molecular weight excluding hydrogens is 166 g/mol. The first-order valence-corrected chi connectivity index (χ1v) is 3.23. The van der Waals surface area contributed by atoms with Gasteiger partial charge in [-0.25, -0.2) is 15.8 Å². The number of hydrazine groups is 1. The summed E-state index contributed by atoms with van der Waals surface area (Å²) >= 11 is 5.61. The lowest BCUT2D eigenvalue weighted by atomic mass is 10.4. The maximum absolute atomic E-state index is 10.2. The Morgan fingerprint density at radius 2 is 2.45 bits per heavy atom. The van der Waals surface area contributed by atoms with Crippen LogP contribution in [-0.4, -0.2) is 11.4 Å². The first kappa shape index (κ1) is 7.97. The van der Waals surface area contributed by atoms with Crippen LogP contribution in [0.5, 0.6) is 0 Å². The van der Waals surface area contributed by atoms with Crippen molar-refractivity contribution in [2.24, 2.45) is 5.84 Å². The molecule has 0 atom stereocenters. The lowest BCUT2D eigenvalue weighted by molar-refractivity contribution is -0.107. The zero-order chi connectivity index (χ0) is 8.27. The van der Waals surface area contributed by atoms with Gasteiger partial charge in [-0.15, -0.1) is 0 Å². The Morgan fingerprint density at radius 3 is 3.00 bits per heavy atom. The third kappa shape index (κ3) is 1.66. The number of halogens is 1. The first-order valence-electron chi connectivity index (χ1n) is 2.85. The van der Waals surface area contributed by atoms with Gasteiger partial charge in [0.1, 0.15) is 0 Å². The maximum Gasteiger partial charge on any atom is 0.228 e. The third-order valence-electron chi connectivity index (χ3n) is 1.13. The zero-order valence-corrected chi connectivity index (χ0v) is 6.32. The van der Waals surface area contributed by atoms with E-state index >= 15 is 0 Å². The summed E-state index contributed by atoms with van der Waals surface area (Å²) in [5.41, 5.74) is 0.393. The number of amides is 1. The van der Waals surface area contributed by atoms with Crippen molar-refractivity contribution in [3.63, 3.8) is 0 Å². The van der Waals surface area contributed by atoms with Gasteiger partial charge in [-0.1, -0.05) is 11.6 Å². The number of carbonyl (C=O) groups is 1. The van der Waals surface area contributed by atoms with Crippen LogP contribution in [0.2, 0.25) is 5.15 Å². The molecular formula is C6H6ClN3O. The van der Waals surface area contributed by atoms with E-state index in [9.17, 15) is 4.79 Å². The zero-order valence-electron chi connectivity index (χ0n) is 5.57. The molecule has 4 nitrogen and oxygen atoms in total. The maximum atomic E-state index is 10.2. The van der Waals surface area contributed by atoms with Crippen LogP contribution in [0, 0.1) is 0 Å². The Morgan fingerprint density at radius 1 is 1.73 bits per heavy atom. The van der Waals surface area contributed by atoms with Gasteiger partial charge in [0.05, 0.1) is 5.69 Å². The van der Waals surface area contributed by atoms with Crippen LogP contribution in [0.4, 0.5) is 5.69 Å². The predicted molar refractivity (Wildman–Crippen MR) is 42.0 cm³/mol. The summed E-state index contributed by atoms with van der Waals surface area (Å²) in [5.74, 6) is 5.24. The van der Waals surface area contributed by atoms with Gasteiger partial charge in [0, 0.05) is 6.20 Å². The van der Waals surface area contributed by atoms with Gasteiger partial charge >= 0.3 is 0 Å². The molecule has 1 heterocycles. The van der Waals surface area contributed by atoms with Crippen molar-refractivity contribution in [3.8, 4) is 0 Å². The fourth-order valence-corrected chi connectivity index (χ4v) is 0.844. The molecule has 0 saturated heterocycles. The fourth-order valence-electron chi connectivity index (χ4n) is 0.627. The number of aromatic nitrogens is 1. The molecule has 0 aromatic carbocycles. The number of hydrogen-bond donors (Lipinski definition) is 1. The summed E-state index contributed by atoms with van der Waals surface area (Å²) in [4.78, 5) is 13.9. The molecule has 1 aromatic heterocycles. The average molecular weight is 172 g/mol. The molecule has 1 aromatic rings. The molecule has 1 amide bonds. The fraction of sp³-hybridized carbons (Fsp3) is 0. The molecule has 2 N–H and O–H groups in total. The highest BCUT2D eigenvalue weighted by molar-refractivity contribution is 6.32. The second-order valence-electron chi connectivity index (χ2n) is 1.83. The van der Waals surface area contributed by atoms with E-state index in [1.807, 2.05) is 0 Å². The van der Waals surface area contributed by atoms with Crippen molar-refractivity contribution in [2.45, 2.75) is 0 Å². The topological polar surface area (TPSA) is 59.2 Å². The van der Waals surface area contributed by atoms with Gasteiger partial charge in [0.2, 0.25) is 6.41 Å². The molecule has 0 unspecified atom stereocenters. The molecule has 5 heteroatoms. The number of anilines is 1. The Labute approximate surface area is 68.6 Å². The summed E-state index contributed by atoms with van der Waals surface area (Å²) in [5, 5.41) is 1.08. The summed E-state index contributed by atoms with van der Waals surface area (Å²) in [6.07, 6.45) is 1.98. The first-order chi connectivity index (χ1) is 5.25. The lowest BCUT2D eigenvalue weighted by Crippen LogP contribution is -2.29. The van der Waals surface area contributed by atoms with Gasteiger partial charge in [0.15, 0.2) is 5.15 Å². The van der Waals surface area contributed by atoms with Gasteiger partial charge in [-0.3, -0.25) is 4.79 Å². The SMILES string of the molecule is NN(C=O)c1cccnc1Cl. The van der Waals surface area contributed by atoms with E-state index in [1.165, 1.54) is 6.20 Å². The second kappa shape index (κ2) is 3.32. The molecule has 58 valence electrons. The summed E-state index contributed by atoms with van der Waals surface area (Å²) in [6, 6.07) is 3.24. The highest BCUT2D eigenvalue weighted by atomic mass is 35.5. The largest absolute Gasteiger partial charge is 0.277 e. The molecule has 1 rings (SSSR count). The number of hydrogen-bond acceptors (Lipinski definition) is 3. The predicted octanol–water partition coefficient (Wildman–Crippen LogP) is 0.571. The molecule has 0 radical (unpaired) electrons. The van der Waals surface area contributed by atoms with E-state index in [2.05, 4.69) is 4.98 Å². The standard InChI is InChI=1S/C6H6ClN3O/c7-6-5(10(8)4-11)2-1-3-9-6/h1-4H,8H2. The number of nitrogens with zero attached hydrogens (tertiary/aromatic N) is 2. The number of carbonyl (C=O) groups excluding carboxylic acids is 1. The van der Waals surface area contributed by atoms with Crippen LogP contribution >= 0.6 is 11.6 Å². The Kier molecular flexibility index (Phi) is 2.40. The van der Waals surface area contributed by atoms with Crippen molar-refractivity contribution >= 4 is 23.7 Å². The summed E-state index contributed by atoms with van der Waals surface area (Å²) in [7, 11) is 0. The second-order valence-corrected chi connectivity index (χ2v) is 2.18. The lowest BCUT2D eigenvalue weighted by Gasteiger charge is -2.09. The Bertz CT molecular complexity index is 266. The number of rotatable bonds is 2. The Balaban J connectivity index is 3.02. The molecule has 0 fully saturated rings. The van der Waals surface area contributed by atoms with E-state index in [0.717, 1.165) is 5.01 Å². The molecule has 0 aliphatic carbocycles. The summed E-state index contributed by atoms with van der Waals surface area (Å²) < 4.78 is 0. The minimum atomic E-state index is 0.210. The normalized spacial score (nSPS) is 9.27. The van der Waals surface area contributed by atoms with Crippen molar-refractivity contribution in [2.75, 3.05) is 5.01 Å². The molecule has 0 aliphatic heterocycles. The monoisotopic (exact) mass is 171 g/mol. The Hall–Kier alpha value is -1.13. The molecule has 0 aliphatic rings. The van der Waals surface area contributed by atoms with Gasteiger partial charge in [-0.2, -0.15) is 0 Å². The van der Waals surface area contributed by atoms with E-state index in [-0.39, 0.29) is 5.15 Å². The van der Waals surface area contributed by atoms with E-state index < -0.39 is 0 Å². The molecule has 0 spiro atoms. The van der Waals surface area contributed by atoms with Crippen LogP contribution in [0.15, 0.2) is 18.3 Å². The molecule has 0 bridgehead atoms. The third-order valence-corrected chi connectivity index (χ3v) is 1.42. The van der Waals surface area contributed by atoms with Crippen molar-refractivity contribution in [1.29, 1.82) is 0 Å². The minimum absolute atomic E-state index is 0.210. The van der Waals surface area contributed by atoms with Crippen LogP contribution in [0.1, 0.15) is 0 Å². The van der Waals surface area contributed by atoms with Gasteiger partial charge in [-0.05, 0) is 12.1 Å². The van der Waals surface area contributed by atoms with Crippen molar-refractivity contribution in [1.82, 2.24) is 4.98 Å². The van der Waals surface area contributed by atoms with Crippen LogP contribution in [-0.2, 0) is 4.79 Å². The minimum Gasteiger partial charge on any atom is -0.277 e. The van der Waals surface area contributed by atoms with Crippen LogP contribution in [0.3, 0.4) is 0 Å². The molecule has 11 heavy (non-hydrogen) atoms. The van der Waals surface area contributed by atoms with E-state index in [0.29, 0.717) is 12.1 Å². The number of pyridine rings is 1. The van der Waals surface area contributed by atoms with Crippen molar-refractivity contribution < 1.29 is 4.79 Å². The summed E-state index contributed by atoms with van der Waals surface area (Å²) in [6.45, 7) is 0. The van der Waals surface area contributed by atoms with Crippen LogP contribution in [0.25, 0.3) is 0 Å². The quantitative estimate of drug-likeness (QED) is 0.233. The smallest absolute Gasteiger partial charge is 0.228 e. The van der Waals surface area contributed by atoms with Gasteiger partial charge < -0.3 is 0 Å².